The van der Waals surface area contributed by atoms with Gasteiger partial charge in [-0.3, -0.25) is 4.90 Å². The van der Waals surface area contributed by atoms with Crippen LogP contribution in [0.1, 0.15) is 37.3 Å². The van der Waals surface area contributed by atoms with E-state index in [9.17, 15) is 0 Å². The molecule has 3 aliphatic rings. The van der Waals surface area contributed by atoms with Gasteiger partial charge in [-0.25, -0.2) is 4.99 Å². The van der Waals surface area contributed by atoms with E-state index in [0.29, 0.717) is 6.54 Å². The molecule has 0 amide bonds. The Kier molecular flexibility index (Phi) is 10.3. The highest BCUT2D eigenvalue weighted by molar-refractivity contribution is 14.0. The molecule has 2 N–H and O–H groups in total. The standard InChI is InChI=1S/C24H38N4O2S.HI/c1-3-25-23(27-17-24(8-13-31-18-24)28-9-11-29-12-10-28)26-15-21-7-4-19(2)14-22(21)30-16-20-5-6-20;/h4,7,14,20H,3,5-6,8-13,15-18H2,1-2H3,(H2,25,26,27);1H. The van der Waals surface area contributed by atoms with Crippen LogP contribution in [0.4, 0.5) is 0 Å². The van der Waals surface area contributed by atoms with Gasteiger partial charge in [-0.1, -0.05) is 12.1 Å². The second kappa shape index (κ2) is 12.7. The summed E-state index contributed by atoms with van der Waals surface area (Å²) in [5, 5.41) is 7.10. The molecule has 2 saturated heterocycles. The molecule has 8 heteroatoms. The first-order valence-electron chi connectivity index (χ1n) is 11.8. The van der Waals surface area contributed by atoms with Gasteiger partial charge in [0.15, 0.2) is 5.96 Å². The summed E-state index contributed by atoms with van der Waals surface area (Å²) in [5.41, 5.74) is 2.59. The number of morpholine rings is 1. The van der Waals surface area contributed by atoms with Crippen LogP contribution in [0.5, 0.6) is 5.75 Å². The highest BCUT2D eigenvalue weighted by Gasteiger charge is 2.40. The number of hydrogen-bond donors (Lipinski definition) is 2. The van der Waals surface area contributed by atoms with Crippen molar-refractivity contribution >= 4 is 41.7 Å². The summed E-state index contributed by atoms with van der Waals surface area (Å²) in [6.07, 6.45) is 3.83. The predicted octanol–water partition coefficient (Wildman–Crippen LogP) is 3.66. The van der Waals surface area contributed by atoms with Gasteiger partial charge in [-0.15, -0.1) is 24.0 Å². The van der Waals surface area contributed by atoms with E-state index in [1.807, 2.05) is 0 Å². The largest absolute Gasteiger partial charge is 0.493 e. The molecular formula is C24H39IN4O2S. The lowest BCUT2D eigenvalue weighted by Crippen LogP contribution is -2.60. The molecule has 0 bridgehead atoms. The van der Waals surface area contributed by atoms with E-state index >= 15 is 0 Å². The fraction of sp³-hybridized carbons (Fsp3) is 0.708. The molecule has 0 spiro atoms. The first-order chi connectivity index (χ1) is 15.2. The van der Waals surface area contributed by atoms with Crippen LogP contribution in [0.25, 0.3) is 0 Å². The quantitative estimate of drug-likeness (QED) is 0.267. The third-order valence-corrected chi connectivity index (χ3v) is 7.73. The molecule has 4 rings (SSSR count). The van der Waals surface area contributed by atoms with E-state index in [4.69, 9.17) is 14.5 Å². The minimum atomic E-state index is 0. The Morgan fingerprint density at radius 1 is 1.28 bits per heavy atom. The lowest BCUT2D eigenvalue weighted by Gasteiger charge is -2.43. The first kappa shape index (κ1) is 25.9. The van der Waals surface area contributed by atoms with E-state index in [-0.39, 0.29) is 29.5 Å². The van der Waals surface area contributed by atoms with Crippen molar-refractivity contribution in [3.63, 3.8) is 0 Å². The number of halogens is 1. The lowest BCUT2D eigenvalue weighted by atomic mass is 9.95. The van der Waals surface area contributed by atoms with Crippen LogP contribution < -0.4 is 15.4 Å². The Hall–Kier alpha value is -0.710. The zero-order chi connectivity index (χ0) is 21.5. The van der Waals surface area contributed by atoms with Crippen molar-refractivity contribution in [2.45, 2.75) is 45.2 Å². The molecule has 1 aliphatic carbocycles. The minimum Gasteiger partial charge on any atom is -0.493 e. The summed E-state index contributed by atoms with van der Waals surface area (Å²) in [7, 11) is 0. The molecule has 1 unspecified atom stereocenters. The summed E-state index contributed by atoms with van der Waals surface area (Å²) in [5.74, 6) is 5.04. The van der Waals surface area contributed by atoms with E-state index in [0.717, 1.165) is 69.2 Å². The van der Waals surface area contributed by atoms with Crippen molar-refractivity contribution in [3.05, 3.63) is 29.3 Å². The van der Waals surface area contributed by atoms with Gasteiger partial charge in [0.1, 0.15) is 5.75 Å². The maximum atomic E-state index is 6.14. The topological polar surface area (TPSA) is 58.1 Å². The zero-order valence-corrected chi connectivity index (χ0v) is 22.7. The van der Waals surface area contributed by atoms with Crippen LogP contribution in [-0.2, 0) is 11.3 Å². The number of aliphatic imine (C=N–C) groups is 1. The predicted molar refractivity (Wildman–Crippen MR) is 145 cm³/mol. The summed E-state index contributed by atoms with van der Waals surface area (Å²) in [6, 6.07) is 6.46. The highest BCUT2D eigenvalue weighted by Crippen LogP contribution is 2.34. The van der Waals surface area contributed by atoms with Gasteiger partial charge < -0.3 is 20.1 Å². The Balaban J connectivity index is 0.00000289. The number of thioether (sulfide) groups is 1. The maximum Gasteiger partial charge on any atom is 0.191 e. The molecule has 32 heavy (non-hydrogen) atoms. The molecular weight excluding hydrogens is 535 g/mol. The molecule has 1 saturated carbocycles. The van der Waals surface area contributed by atoms with E-state index < -0.39 is 0 Å². The smallest absolute Gasteiger partial charge is 0.191 e. The van der Waals surface area contributed by atoms with Crippen LogP contribution in [0.3, 0.4) is 0 Å². The van der Waals surface area contributed by atoms with Crippen molar-refractivity contribution < 1.29 is 9.47 Å². The van der Waals surface area contributed by atoms with Crippen molar-refractivity contribution in [1.29, 1.82) is 0 Å². The Labute approximate surface area is 214 Å². The Morgan fingerprint density at radius 2 is 2.09 bits per heavy atom. The van der Waals surface area contributed by atoms with E-state index in [2.05, 4.69) is 59.3 Å². The third kappa shape index (κ3) is 7.14. The summed E-state index contributed by atoms with van der Waals surface area (Å²) < 4.78 is 11.7. The number of guanidine groups is 1. The van der Waals surface area contributed by atoms with Crippen molar-refractivity contribution in [1.82, 2.24) is 15.5 Å². The molecule has 2 aliphatic heterocycles. The van der Waals surface area contributed by atoms with Gasteiger partial charge in [0.05, 0.1) is 26.4 Å². The first-order valence-corrected chi connectivity index (χ1v) is 13.0. The molecule has 0 radical (unpaired) electrons. The fourth-order valence-electron chi connectivity index (χ4n) is 4.31. The van der Waals surface area contributed by atoms with Gasteiger partial charge in [0, 0.05) is 43.0 Å². The number of aryl methyl sites for hydroxylation is 1. The second-order valence-corrected chi connectivity index (χ2v) is 10.1. The summed E-state index contributed by atoms with van der Waals surface area (Å²) in [4.78, 5) is 7.55. The summed E-state index contributed by atoms with van der Waals surface area (Å²) in [6.45, 7) is 11.2. The average Bonchev–Trinajstić information content (AvgIpc) is 3.50. The molecule has 0 aromatic heterocycles. The normalized spacial score (nSPS) is 24.1. The number of rotatable bonds is 9. The maximum absolute atomic E-state index is 6.14. The SMILES string of the molecule is CCNC(=NCc1ccc(C)cc1OCC1CC1)NCC1(N2CCOCC2)CCSC1.I. The van der Waals surface area contributed by atoms with Crippen molar-refractivity contribution in [2.75, 3.05) is 57.5 Å². The number of benzene rings is 1. The van der Waals surface area contributed by atoms with E-state index in [1.54, 1.807) is 0 Å². The molecule has 1 aromatic rings. The van der Waals surface area contributed by atoms with Crippen LogP contribution in [0, 0.1) is 12.8 Å². The minimum absolute atomic E-state index is 0. The van der Waals surface area contributed by atoms with Crippen LogP contribution >= 0.6 is 35.7 Å². The Morgan fingerprint density at radius 3 is 2.78 bits per heavy atom. The van der Waals surface area contributed by atoms with Gasteiger partial charge in [-0.05, 0) is 56.4 Å². The fourth-order valence-corrected chi connectivity index (χ4v) is 5.79. The highest BCUT2D eigenvalue weighted by atomic mass is 127. The molecule has 6 nitrogen and oxygen atoms in total. The molecule has 3 fully saturated rings. The van der Waals surface area contributed by atoms with Crippen molar-refractivity contribution in [3.8, 4) is 5.75 Å². The van der Waals surface area contributed by atoms with Gasteiger partial charge in [0.2, 0.25) is 0 Å². The lowest BCUT2D eigenvalue weighted by molar-refractivity contribution is -0.0120. The van der Waals surface area contributed by atoms with Crippen LogP contribution in [0.15, 0.2) is 23.2 Å². The van der Waals surface area contributed by atoms with Gasteiger partial charge in [0.25, 0.3) is 0 Å². The van der Waals surface area contributed by atoms with Crippen molar-refractivity contribution in [2.24, 2.45) is 10.9 Å². The van der Waals surface area contributed by atoms with E-state index in [1.165, 1.54) is 36.3 Å². The number of ether oxygens (including phenoxy) is 2. The number of nitrogens with zero attached hydrogens (tertiary/aromatic N) is 2. The third-order valence-electron chi connectivity index (χ3n) is 6.50. The Bertz CT molecular complexity index is 748. The number of hydrogen-bond acceptors (Lipinski definition) is 5. The summed E-state index contributed by atoms with van der Waals surface area (Å²) >= 11 is 2.07. The molecule has 1 aromatic carbocycles. The second-order valence-electron chi connectivity index (χ2n) is 9.04. The molecule has 1 atom stereocenters. The monoisotopic (exact) mass is 574 g/mol. The van der Waals surface area contributed by atoms with Crippen LogP contribution in [-0.4, -0.2) is 73.9 Å². The van der Waals surface area contributed by atoms with Gasteiger partial charge in [-0.2, -0.15) is 11.8 Å². The van der Waals surface area contributed by atoms with Crippen LogP contribution in [0.2, 0.25) is 0 Å². The average molecular weight is 575 g/mol. The van der Waals surface area contributed by atoms with Gasteiger partial charge >= 0.3 is 0 Å². The number of nitrogens with one attached hydrogen (secondary N) is 2. The molecule has 2 heterocycles. The molecule has 180 valence electrons. The zero-order valence-electron chi connectivity index (χ0n) is 19.5.